The van der Waals surface area contributed by atoms with Crippen LogP contribution in [0.1, 0.15) is 20.8 Å². The molecule has 2 N–H and O–H groups in total. The Morgan fingerprint density at radius 1 is 0.923 bits per heavy atom. The molecule has 0 saturated carbocycles. The second kappa shape index (κ2) is 8.34. The van der Waals surface area contributed by atoms with Crippen LogP contribution in [0.3, 0.4) is 0 Å². The summed E-state index contributed by atoms with van der Waals surface area (Å²) in [4.78, 5) is 25.0. The third kappa shape index (κ3) is 4.73. The van der Waals surface area contributed by atoms with Crippen LogP contribution in [0.5, 0.6) is 0 Å². The van der Waals surface area contributed by atoms with E-state index < -0.39 is 11.9 Å². The van der Waals surface area contributed by atoms with Gasteiger partial charge >= 0.3 is 6.03 Å². The van der Waals surface area contributed by atoms with E-state index in [1.807, 2.05) is 17.5 Å². The van der Waals surface area contributed by atoms with Gasteiger partial charge in [0.2, 0.25) is 0 Å². The summed E-state index contributed by atoms with van der Waals surface area (Å²) in [5.74, 6) is 5.55. The summed E-state index contributed by atoms with van der Waals surface area (Å²) in [5, 5.41) is 7.10. The van der Waals surface area contributed by atoms with Crippen LogP contribution in [-0.4, -0.2) is 11.9 Å². The van der Waals surface area contributed by atoms with Gasteiger partial charge in [0, 0.05) is 11.3 Å². The first-order chi connectivity index (χ1) is 12.6. The summed E-state index contributed by atoms with van der Waals surface area (Å²) in [6, 6.07) is 16.8. The Morgan fingerprint density at radius 2 is 1.69 bits per heavy atom. The van der Waals surface area contributed by atoms with Crippen molar-refractivity contribution < 1.29 is 9.59 Å². The Kier molecular flexibility index (Phi) is 5.69. The van der Waals surface area contributed by atoms with Crippen molar-refractivity contribution in [1.29, 1.82) is 0 Å². The molecule has 3 amide bonds. The summed E-state index contributed by atoms with van der Waals surface area (Å²) in [7, 11) is 0. The average molecular weight is 381 g/mol. The number of anilines is 1. The van der Waals surface area contributed by atoms with Crippen molar-refractivity contribution in [2.75, 3.05) is 5.32 Å². The van der Waals surface area contributed by atoms with Gasteiger partial charge in [-0.1, -0.05) is 41.6 Å². The molecule has 2 aromatic carbocycles. The third-order valence-electron chi connectivity index (χ3n) is 3.34. The van der Waals surface area contributed by atoms with Gasteiger partial charge in [-0.2, -0.15) is 0 Å². The predicted molar refractivity (Wildman–Crippen MR) is 105 cm³/mol. The minimum Gasteiger partial charge on any atom is -0.308 e. The summed E-state index contributed by atoms with van der Waals surface area (Å²) in [6.45, 7) is 0. The predicted octanol–water partition coefficient (Wildman–Crippen LogP) is 4.76. The second-order valence-electron chi connectivity index (χ2n) is 5.19. The number of thiophene rings is 1. The SMILES string of the molecule is O=C(NC(=O)c1ccccc1Cl)Nc1ccc(C#Cc2cccs2)cc1. The highest BCUT2D eigenvalue weighted by Gasteiger charge is 2.13. The van der Waals surface area contributed by atoms with Gasteiger partial charge in [0.1, 0.15) is 0 Å². The number of hydrogen-bond donors (Lipinski definition) is 2. The Bertz CT molecular complexity index is 987. The van der Waals surface area contributed by atoms with E-state index in [1.54, 1.807) is 59.9 Å². The van der Waals surface area contributed by atoms with Crippen molar-refractivity contribution in [3.8, 4) is 11.8 Å². The van der Waals surface area contributed by atoms with E-state index in [0.29, 0.717) is 5.69 Å². The largest absolute Gasteiger partial charge is 0.326 e. The molecule has 128 valence electrons. The molecule has 3 rings (SSSR count). The number of hydrogen-bond acceptors (Lipinski definition) is 3. The monoisotopic (exact) mass is 380 g/mol. The van der Waals surface area contributed by atoms with Crippen LogP contribution < -0.4 is 10.6 Å². The minimum absolute atomic E-state index is 0.239. The van der Waals surface area contributed by atoms with Gasteiger partial charge in [-0.05, 0) is 47.8 Å². The molecule has 0 radical (unpaired) electrons. The fraction of sp³-hybridized carbons (Fsp3) is 0. The summed E-state index contributed by atoms with van der Waals surface area (Å²) >= 11 is 7.52. The lowest BCUT2D eigenvalue weighted by Crippen LogP contribution is -2.34. The summed E-state index contributed by atoms with van der Waals surface area (Å²) in [6.07, 6.45) is 0. The Labute approximate surface area is 159 Å². The van der Waals surface area contributed by atoms with E-state index >= 15 is 0 Å². The average Bonchev–Trinajstić information content (AvgIpc) is 3.15. The number of rotatable bonds is 2. The number of benzene rings is 2. The first-order valence-corrected chi connectivity index (χ1v) is 8.90. The summed E-state index contributed by atoms with van der Waals surface area (Å²) < 4.78 is 0. The lowest BCUT2D eigenvalue weighted by molar-refractivity contribution is 0.0967. The molecule has 0 spiro atoms. The maximum Gasteiger partial charge on any atom is 0.326 e. The van der Waals surface area contributed by atoms with Crippen molar-refractivity contribution in [3.05, 3.63) is 87.1 Å². The topological polar surface area (TPSA) is 58.2 Å². The van der Waals surface area contributed by atoms with Crippen LogP contribution in [0.25, 0.3) is 0 Å². The Morgan fingerprint density at radius 3 is 2.38 bits per heavy atom. The summed E-state index contributed by atoms with van der Waals surface area (Å²) in [5.41, 5.74) is 1.62. The van der Waals surface area contributed by atoms with Crippen molar-refractivity contribution >= 4 is 40.6 Å². The minimum atomic E-state index is -0.632. The van der Waals surface area contributed by atoms with Crippen LogP contribution in [0, 0.1) is 11.8 Å². The molecule has 0 aliphatic heterocycles. The number of carbonyl (C=O) groups excluding carboxylic acids is 2. The molecule has 0 aliphatic rings. The number of imide groups is 1. The molecule has 0 bridgehead atoms. The van der Waals surface area contributed by atoms with Crippen LogP contribution in [-0.2, 0) is 0 Å². The van der Waals surface area contributed by atoms with E-state index in [4.69, 9.17) is 11.6 Å². The van der Waals surface area contributed by atoms with Crippen LogP contribution in [0.15, 0.2) is 66.0 Å². The number of amides is 3. The molecule has 0 unspecified atom stereocenters. The number of halogens is 1. The van der Waals surface area contributed by atoms with Gasteiger partial charge in [0.25, 0.3) is 5.91 Å². The molecular formula is C20H13ClN2O2S. The zero-order valence-corrected chi connectivity index (χ0v) is 15.0. The van der Waals surface area contributed by atoms with Gasteiger partial charge in [-0.15, -0.1) is 11.3 Å². The van der Waals surface area contributed by atoms with E-state index in [1.165, 1.54) is 0 Å². The van der Waals surface area contributed by atoms with Gasteiger partial charge in [-0.25, -0.2) is 4.79 Å². The van der Waals surface area contributed by atoms with Gasteiger partial charge in [0.05, 0.1) is 15.5 Å². The number of nitrogens with one attached hydrogen (secondary N) is 2. The van der Waals surface area contributed by atoms with Crippen LogP contribution in [0.4, 0.5) is 10.5 Å². The molecule has 6 heteroatoms. The zero-order valence-electron chi connectivity index (χ0n) is 13.5. The third-order valence-corrected chi connectivity index (χ3v) is 4.45. The van der Waals surface area contributed by atoms with E-state index in [9.17, 15) is 9.59 Å². The standard InChI is InChI=1S/C20H13ClN2O2S/c21-18-6-2-1-5-17(18)19(24)23-20(25)22-15-10-7-14(8-11-15)9-12-16-4-3-13-26-16/h1-8,10-11,13H,(H2,22,23,24,25). The van der Waals surface area contributed by atoms with Crippen molar-refractivity contribution in [2.24, 2.45) is 0 Å². The lowest BCUT2D eigenvalue weighted by atomic mass is 10.2. The van der Waals surface area contributed by atoms with Gasteiger partial charge in [-0.3, -0.25) is 10.1 Å². The highest BCUT2D eigenvalue weighted by atomic mass is 35.5. The van der Waals surface area contributed by atoms with E-state index in [2.05, 4.69) is 22.5 Å². The maximum absolute atomic E-state index is 12.0. The highest BCUT2D eigenvalue weighted by Crippen LogP contribution is 2.15. The second-order valence-corrected chi connectivity index (χ2v) is 6.55. The van der Waals surface area contributed by atoms with Gasteiger partial charge in [0.15, 0.2) is 0 Å². The molecule has 4 nitrogen and oxygen atoms in total. The Hall–Kier alpha value is -3.07. The lowest BCUT2D eigenvalue weighted by Gasteiger charge is -2.07. The first kappa shape index (κ1) is 17.7. The quantitative estimate of drug-likeness (QED) is 0.629. The Balaban J connectivity index is 1.59. The van der Waals surface area contributed by atoms with E-state index in [-0.39, 0.29) is 10.6 Å². The molecule has 1 heterocycles. The fourth-order valence-electron chi connectivity index (χ4n) is 2.10. The van der Waals surface area contributed by atoms with Crippen molar-refractivity contribution in [2.45, 2.75) is 0 Å². The zero-order chi connectivity index (χ0) is 18.4. The normalized spacial score (nSPS) is 9.73. The molecule has 0 fully saturated rings. The first-order valence-electron chi connectivity index (χ1n) is 7.64. The molecule has 0 aliphatic carbocycles. The molecule has 0 atom stereocenters. The molecule has 26 heavy (non-hydrogen) atoms. The van der Waals surface area contributed by atoms with Crippen molar-refractivity contribution in [3.63, 3.8) is 0 Å². The molecule has 3 aromatic rings. The molecule has 1 aromatic heterocycles. The fourth-order valence-corrected chi connectivity index (χ4v) is 2.89. The number of carbonyl (C=O) groups is 2. The van der Waals surface area contributed by atoms with Crippen LogP contribution in [0.2, 0.25) is 5.02 Å². The smallest absolute Gasteiger partial charge is 0.308 e. The van der Waals surface area contributed by atoms with E-state index in [0.717, 1.165) is 10.4 Å². The number of urea groups is 1. The van der Waals surface area contributed by atoms with Crippen LogP contribution >= 0.6 is 22.9 Å². The molecular weight excluding hydrogens is 368 g/mol. The van der Waals surface area contributed by atoms with Gasteiger partial charge < -0.3 is 5.32 Å². The maximum atomic E-state index is 12.0. The molecule has 0 saturated heterocycles. The van der Waals surface area contributed by atoms with Crippen molar-refractivity contribution in [1.82, 2.24) is 5.32 Å². The highest BCUT2D eigenvalue weighted by molar-refractivity contribution is 7.10.